The number of H-pyrrole nitrogens is 1. The molecule has 3 aromatic heterocycles. The predicted octanol–water partition coefficient (Wildman–Crippen LogP) is 3.04. The minimum Gasteiger partial charge on any atom is -0.338 e. The Morgan fingerprint density at radius 1 is 1.09 bits per heavy atom. The number of hydrogen-bond acceptors (Lipinski definition) is 7. The number of pyridine rings is 2. The van der Waals surface area contributed by atoms with Gasteiger partial charge in [-0.1, -0.05) is 0 Å². The highest BCUT2D eigenvalue weighted by molar-refractivity contribution is 7.92. The Hall–Kier alpha value is -3.99. The van der Waals surface area contributed by atoms with Crippen LogP contribution in [0.4, 0.5) is 23.0 Å². The van der Waals surface area contributed by atoms with Crippen LogP contribution in [0.15, 0.2) is 48.8 Å². The van der Waals surface area contributed by atoms with Crippen LogP contribution in [0.25, 0.3) is 22.4 Å². The molecule has 4 aromatic rings. The number of nitrogens with one attached hydrogen (secondary N) is 3. The summed E-state index contributed by atoms with van der Waals surface area (Å²) in [5.74, 6) is 1.33. The van der Waals surface area contributed by atoms with E-state index in [1.165, 1.54) is 13.2 Å². The molecule has 3 N–H and O–H groups in total. The third-order valence-electron chi connectivity index (χ3n) is 5.50. The first-order valence-electron chi connectivity index (χ1n) is 10.2. The summed E-state index contributed by atoms with van der Waals surface area (Å²) in [5, 5.41) is 6.18. The van der Waals surface area contributed by atoms with Crippen LogP contribution in [0.2, 0.25) is 0 Å². The van der Waals surface area contributed by atoms with E-state index in [0.717, 1.165) is 33.0 Å². The number of aryl methyl sites for hydroxylation is 1. The van der Waals surface area contributed by atoms with Gasteiger partial charge in [0.25, 0.3) is 0 Å². The minimum absolute atomic E-state index is 0.0231. The molecule has 0 unspecified atom stereocenters. The summed E-state index contributed by atoms with van der Waals surface area (Å²) in [4.78, 5) is 28.2. The number of benzene rings is 1. The summed E-state index contributed by atoms with van der Waals surface area (Å²) in [6, 6.07) is 11.0. The van der Waals surface area contributed by atoms with Crippen LogP contribution in [-0.4, -0.2) is 47.6 Å². The maximum Gasteiger partial charge on any atom is 0.233 e. The van der Waals surface area contributed by atoms with E-state index in [0.29, 0.717) is 35.6 Å². The van der Waals surface area contributed by atoms with Crippen LogP contribution in [0.3, 0.4) is 0 Å². The normalized spacial score (nSPS) is 13.5. The average molecular weight is 464 g/mol. The first-order valence-corrected chi connectivity index (χ1v) is 12.1. The van der Waals surface area contributed by atoms with E-state index in [9.17, 15) is 13.2 Å². The van der Waals surface area contributed by atoms with Crippen LogP contribution < -0.4 is 14.9 Å². The molecule has 10 nitrogen and oxygen atoms in total. The quantitative estimate of drug-likeness (QED) is 0.414. The smallest absolute Gasteiger partial charge is 0.233 e. The van der Waals surface area contributed by atoms with Gasteiger partial charge in [-0.15, -0.1) is 0 Å². The summed E-state index contributed by atoms with van der Waals surface area (Å²) >= 11 is 0. The van der Waals surface area contributed by atoms with Crippen molar-refractivity contribution >= 4 is 50.0 Å². The topological polar surface area (TPSA) is 133 Å². The van der Waals surface area contributed by atoms with Gasteiger partial charge in [0.15, 0.2) is 11.6 Å². The predicted molar refractivity (Wildman–Crippen MR) is 127 cm³/mol. The molecule has 0 radical (unpaired) electrons. The van der Waals surface area contributed by atoms with E-state index in [2.05, 4.69) is 25.6 Å². The Labute approximate surface area is 190 Å². The Morgan fingerprint density at radius 3 is 2.76 bits per heavy atom. The highest BCUT2D eigenvalue weighted by atomic mass is 32.2. The van der Waals surface area contributed by atoms with E-state index in [1.54, 1.807) is 24.4 Å². The number of amides is 1. The first kappa shape index (κ1) is 20.9. The molecule has 5 rings (SSSR count). The van der Waals surface area contributed by atoms with Gasteiger partial charge in [0.1, 0.15) is 11.3 Å². The number of imidazole rings is 1. The van der Waals surface area contributed by atoms with Crippen molar-refractivity contribution < 1.29 is 13.2 Å². The third-order valence-corrected chi connectivity index (χ3v) is 6.67. The van der Waals surface area contributed by atoms with Crippen LogP contribution in [0.1, 0.15) is 12.0 Å². The average Bonchev–Trinajstić information content (AvgIpc) is 3.23. The number of sulfonamides is 1. The Kier molecular flexibility index (Phi) is 4.97. The number of aromatic amines is 1. The van der Waals surface area contributed by atoms with Crippen molar-refractivity contribution in [2.75, 3.05) is 28.2 Å². The van der Waals surface area contributed by atoms with E-state index in [1.807, 2.05) is 18.2 Å². The van der Waals surface area contributed by atoms with Crippen molar-refractivity contribution in [3.63, 3.8) is 0 Å². The lowest BCUT2D eigenvalue weighted by atomic mass is 10.0. The largest absolute Gasteiger partial charge is 0.338 e. The lowest BCUT2D eigenvalue weighted by Crippen LogP contribution is -2.26. The van der Waals surface area contributed by atoms with Crippen LogP contribution in [0.5, 0.6) is 0 Å². The van der Waals surface area contributed by atoms with Gasteiger partial charge in [-0.25, -0.2) is 23.4 Å². The lowest BCUT2D eigenvalue weighted by molar-refractivity contribution is -0.116. The van der Waals surface area contributed by atoms with Gasteiger partial charge in [0.2, 0.25) is 15.9 Å². The standard InChI is InChI=1S/C22H21N7O3S/c1-29(33(2,31)32)22-15(4-3-10-24-22)20-27-17-9-11-23-21(19(17)28-20)25-14-6-7-16-13(12-14)5-8-18(30)26-16/h3-4,6-7,9-12H,5,8H2,1-2H3,(H,23,25)(H,26,30)(H,27,28). The number of hydrogen-bond donors (Lipinski definition) is 3. The maximum absolute atomic E-state index is 12.1. The lowest BCUT2D eigenvalue weighted by Gasteiger charge is -2.18. The number of nitrogens with zero attached hydrogens (tertiary/aromatic N) is 4. The molecular weight excluding hydrogens is 442 g/mol. The fourth-order valence-corrected chi connectivity index (χ4v) is 4.20. The fourth-order valence-electron chi connectivity index (χ4n) is 3.74. The second kappa shape index (κ2) is 7.85. The van der Waals surface area contributed by atoms with Crippen molar-refractivity contribution in [3.8, 4) is 11.4 Å². The molecule has 1 amide bonds. The molecule has 0 saturated heterocycles. The zero-order valence-electron chi connectivity index (χ0n) is 18.0. The summed E-state index contributed by atoms with van der Waals surface area (Å²) < 4.78 is 25.3. The molecule has 0 spiro atoms. The van der Waals surface area contributed by atoms with Crippen molar-refractivity contribution in [3.05, 3.63) is 54.4 Å². The molecule has 33 heavy (non-hydrogen) atoms. The second-order valence-electron chi connectivity index (χ2n) is 7.79. The number of fused-ring (bicyclic) bond motifs is 2. The van der Waals surface area contributed by atoms with Crippen LogP contribution in [-0.2, 0) is 21.2 Å². The van der Waals surface area contributed by atoms with Gasteiger partial charge in [0.05, 0.1) is 17.3 Å². The zero-order chi connectivity index (χ0) is 23.2. The van der Waals surface area contributed by atoms with Gasteiger partial charge in [-0.2, -0.15) is 0 Å². The van der Waals surface area contributed by atoms with Gasteiger partial charge < -0.3 is 15.6 Å². The molecule has 11 heteroatoms. The number of carbonyl (C=O) groups is 1. The van der Waals surface area contributed by atoms with E-state index >= 15 is 0 Å². The molecule has 0 atom stereocenters. The first-order chi connectivity index (χ1) is 15.8. The number of rotatable bonds is 5. The van der Waals surface area contributed by atoms with E-state index < -0.39 is 10.0 Å². The van der Waals surface area contributed by atoms with Gasteiger partial charge >= 0.3 is 0 Å². The van der Waals surface area contributed by atoms with Gasteiger partial charge in [0, 0.05) is 37.2 Å². The zero-order valence-corrected chi connectivity index (χ0v) is 18.8. The molecular formula is C22H21N7O3S. The Balaban J connectivity index is 1.53. The van der Waals surface area contributed by atoms with Crippen molar-refractivity contribution in [2.45, 2.75) is 12.8 Å². The second-order valence-corrected chi connectivity index (χ2v) is 9.81. The molecule has 1 aromatic carbocycles. The molecule has 1 aliphatic rings. The van der Waals surface area contributed by atoms with E-state index in [4.69, 9.17) is 4.98 Å². The molecule has 1 aliphatic heterocycles. The van der Waals surface area contributed by atoms with Crippen molar-refractivity contribution in [1.29, 1.82) is 0 Å². The highest BCUT2D eigenvalue weighted by Crippen LogP contribution is 2.32. The fraction of sp³-hybridized carbons (Fsp3) is 0.182. The summed E-state index contributed by atoms with van der Waals surface area (Å²) in [6.07, 6.45) is 5.47. The van der Waals surface area contributed by atoms with Crippen LogP contribution >= 0.6 is 0 Å². The Morgan fingerprint density at radius 2 is 1.94 bits per heavy atom. The van der Waals surface area contributed by atoms with E-state index in [-0.39, 0.29) is 11.7 Å². The molecule has 168 valence electrons. The maximum atomic E-state index is 12.1. The van der Waals surface area contributed by atoms with Gasteiger partial charge in [-0.05, 0) is 48.4 Å². The van der Waals surface area contributed by atoms with Crippen LogP contribution in [0, 0.1) is 0 Å². The molecule has 4 heterocycles. The summed E-state index contributed by atoms with van der Waals surface area (Å²) in [7, 11) is -2.04. The molecule has 0 saturated carbocycles. The SMILES string of the molecule is CN(c1ncccc1-c1nc2c(Nc3ccc4c(c3)CCC(=O)N4)nccc2[nH]1)S(C)(=O)=O. The van der Waals surface area contributed by atoms with Gasteiger partial charge in [-0.3, -0.25) is 9.10 Å². The summed E-state index contributed by atoms with van der Waals surface area (Å²) in [6.45, 7) is 0. The molecule has 0 fully saturated rings. The highest BCUT2D eigenvalue weighted by Gasteiger charge is 2.21. The van der Waals surface area contributed by atoms with Crippen molar-refractivity contribution in [1.82, 2.24) is 19.9 Å². The third kappa shape index (κ3) is 3.98. The molecule has 0 aliphatic carbocycles. The summed E-state index contributed by atoms with van der Waals surface area (Å²) in [5.41, 5.74) is 4.60. The number of anilines is 4. The molecule has 0 bridgehead atoms. The minimum atomic E-state index is -3.50. The Bertz CT molecular complexity index is 1500. The number of carbonyl (C=O) groups excluding carboxylic acids is 1. The van der Waals surface area contributed by atoms with Crippen molar-refractivity contribution in [2.24, 2.45) is 0 Å². The number of aromatic nitrogens is 4. The monoisotopic (exact) mass is 463 g/mol.